The minimum absolute atomic E-state index is 0.204. The third kappa shape index (κ3) is 3.92. The second kappa shape index (κ2) is 8.03. The molecule has 1 aliphatic heterocycles. The highest BCUT2D eigenvalue weighted by atomic mass is 32.2. The van der Waals surface area contributed by atoms with Gasteiger partial charge in [-0.2, -0.15) is 4.31 Å². The SMILES string of the molecule is CCOc1ccc(S(=O)(=O)N2CCN(C(=O)C[C@H]3C[C@@H]4CC[C@@H]3C4)CC2)cc1. The highest BCUT2D eigenvalue weighted by Crippen LogP contribution is 2.49. The monoisotopic (exact) mass is 406 g/mol. The van der Waals surface area contributed by atoms with Gasteiger partial charge in [-0.3, -0.25) is 4.79 Å². The first-order valence-electron chi connectivity index (χ1n) is 10.5. The summed E-state index contributed by atoms with van der Waals surface area (Å²) < 4.78 is 32.6. The maximum absolute atomic E-state index is 12.9. The van der Waals surface area contributed by atoms with Crippen molar-refractivity contribution in [2.45, 2.75) is 43.9 Å². The summed E-state index contributed by atoms with van der Waals surface area (Å²) in [7, 11) is -3.53. The van der Waals surface area contributed by atoms with Crippen LogP contribution < -0.4 is 4.74 Å². The molecule has 0 unspecified atom stereocenters. The van der Waals surface area contributed by atoms with Gasteiger partial charge in [0.1, 0.15) is 5.75 Å². The molecule has 1 heterocycles. The van der Waals surface area contributed by atoms with E-state index in [0.717, 1.165) is 11.8 Å². The van der Waals surface area contributed by atoms with E-state index in [4.69, 9.17) is 4.74 Å². The number of amides is 1. The third-order valence-electron chi connectivity index (χ3n) is 6.69. The maximum atomic E-state index is 12.9. The Morgan fingerprint density at radius 3 is 2.36 bits per heavy atom. The number of rotatable bonds is 6. The molecular formula is C21H30N2O4S. The van der Waals surface area contributed by atoms with Crippen molar-refractivity contribution >= 4 is 15.9 Å². The van der Waals surface area contributed by atoms with Gasteiger partial charge in [0.15, 0.2) is 0 Å². The summed E-state index contributed by atoms with van der Waals surface area (Å²) in [4.78, 5) is 14.8. The van der Waals surface area contributed by atoms with E-state index in [1.165, 1.54) is 30.0 Å². The summed E-state index contributed by atoms with van der Waals surface area (Å²) in [5.41, 5.74) is 0. The zero-order valence-corrected chi connectivity index (χ0v) is 17.4. The van der Waals surface area contributed by atoms with E-state index < -0.39 is 10.0 Å². The van der Waals surface area contributed by atoms with Crippen molar-refractivity contribution in [3.8, 4) is 5.75 Å². The Morgan fingerprint density at radius 2 is 1.79 bits per heavy atom. The van der Waals surface area contributed by atoms with Crippen LogP contribution in [0, 0.1) is 17.8 Å². The molecule has 0 radical (unpaired) electrons. The Balaban J connectivity index is 1.32. The van der Waals surface area contributed by atoms with Gasteiger partial charge in [0.2, 0.25) is 15.9 Å². The Kier molecular flexibility index (Phi) is 5.65. The van der Waals surface area contributed by atoms with Gasteiger partial charge in [0, 0.05) is 32.6 Å². The number of sulfonamides is 1. The Bertz CT molecular complexity index is 800. The molecule has 2 bridgehead atoms. The first-order chi connectivity index (χ1) is 13.5. The standard InChI is InChI=1S/C21H30N2O4S/c1-2-27-19-5-7-20(8-6-19)28(25,26)23-11-9-22(10-12-23)21(24)15-18-14-16-3-4-17(18)13-16/h5-8,16-18H,2-4,9-15H2,1H3/t16-,17-,18-/m1/s1. The van der Waals surface area contributed by atoms with E-state index in [9.17, 15) is 13.2 Å². The lowest BCUT2D eigenvalue weighted by molar-refractivity contribution is -0.133. The summed E-state index contributed by atoms with van der Waals surface area (Å²) in [5, 5.41) is 0. The van der Waals surface area contributed by atoms with Gasteiger partial charge in [-0.15, -0.1) is 0 Å². The van der Waals surface area contributed by atoms with Crippen molar-refractivity contribution in [3.63, 3.8) is 0 Å². The molecule has 1 amide bonds. The molecule has 1 saturated heterocycles. The van der Waals surface area contributed by atoms with Crippen LogP contribution >= 0.6 is 0 Å². The van der Waals surface area contributed by atoms with Crippen LogP contribution in [0.15, 0.2) is 29.2 Å². The third-order valence-corrected chi connectivity index (χ3v) is 8.60. The molecule has 6 nitrogen and oxygen atoms in total. The molecule has 0 N–H and O–H groups in total. The molecular weight excluding hydrogens is 376 g/mol. The van der Waals surface area contributed by atoms with Crippen molar-refractivity contribution in [1.29, 1.82) is 0 Å². The molecule has 3 aliphatic rings. The molecule has 2 saturated carbocycles. The molecule has 3 atom stereocenters. The highest BCUT2D eigenvalue weighted by molar-refractivity contribution is 7.89. The second-order valence-electron chi connectivity index (χ2n) is 8.33. The average molecular weight is 407 g/mol. The van der Waals surface area contributed by atoms with Crippen molar-refractivity contribution < 1.29 is 17.9 Å². The van der Waals surface area contributed by atoms with E-state index in [2.05, 4.69) is 0 Å². The molecule has 0 aromatic heterocycles. The van der Waals surface area contributed by atoms with Gasteiger partial charge in [-0.25, -0.2) is 8.42 Å². The fourth-order valence-corrected chi connectivity index (χ4v) is 6.60. The number of hydrogen-bond donors (Lipinski definition) is 0. The summed E-state index contributed by atoms with van der Waals surface area (Å²) >= 11 is 0. The van der Waals surface area contributed by atoms with E-state index >= 15 is 0 Å². The topological polar surface area (TPSA) is 66.9 Å². The van der Waals surface area contributed by atoms with Crippen molar-refractivity contribution in [2.24, 2.45) is 17.8 Å². The smallest absolute Gasteiger partial charge is 0.243 e. The number of carbonyl (C=O) groups is 1. The maximum Gasteiger partial charge on any atom is 0.243 e. The van der Waals surface area contributed by atoms with Gasteiger partial charge in [-0.1, -0.05) is 6.42 Å². The van der Waals surface area contributed by atoms with Crippen LogP contribution in [0.4, 0.5) is 0 Å². The van der Waals surface area contributed by atoms with E-state index in [1.807, 2.05) is 11.8 Å². The zero-order valence-electron chi connectivity index (χ0n) is 16.5. The summed E-state index contributed by atoms with van der Waals surface area (Å²) in [5.74, 6) is 3.01. The first-order valence-corrected chi connectivity index (χ1v) is 11.9. The van der Waals surface area contributed by atoms with Crippen LogP contribution in [0.1, 0.15) is 39.0 Å². The number of fused-ring (bicyclic) bond motifs is 2. The number of carbonyl (C=O) groups excluding carboxylic acids is 1. The quantitative estimate of drug-likeness (QED) is 0.729. The van der Waals surface area contributed by atoms with Crippen LogP contribution in [0.5, 0.6) is 5.75 Å². The summed E-state index contributed by atoms with van der Waals surface area (Å²) in [6.07, 6.45) is 5.80. The lowest BCUT2D eigenvalue weighted by Crippen LogP contribution is -2.50. The molecule has 1 aromatic carbocycles. The average Bonchev–Trinajstić information content (AvgIpc) is 3.32. The van der Waals surface area contributed by atoms with Crippen molar-refractivity contribution in [2.75, 3.05) is 32.8 Å². The van der Waals surface area contributed by atoms with Crippen molar-refractivity contribution in [3.05, 3.63) is 24.3 Å². The van der Waals surface area contributed by atoms with E-state index in [-0.39, 0.29) is 10.8 Å². The van der Waals surface area contributed by atoms with Crippen LogP contribution in [-0.2, 0) is 14.8 Å². The summed E-state index contributed by atoms with van der Waals surface area (Å²) in [6, 6.07) is 6.55. The number of nitrogens with zero attached hydrogens (tertiary/aromatic N) is 2. The van der Waals surface area contributed by atoms with Crippen molar-refractivity contribution in [1.82, 2.24) is 9.21 Å². The van der Waals surface area contributed by atoms with Crippen LogP contribution in [0.3, 0.4) is 0 Å². The molecule has 3 fully saturated rings. The molecule has 4 rings (SSSR count). The highest BCUT2D eigenvalue weighted by Gasteiger charge is 2.41. The lowest BCUT2D eigenvalue weighted by atomic mass is 9.86. The summed E-state index contributed by atoms with van der Waals surface area (Å²) in [6.45, 7) is 4.12. The Hall–Kier alpha value is -1.60. The Morgan fingerprint density at radius 1 is 1.07 bits per heavy atom. The van der Waals surface area contributed by atoms with Gasteiger partial charge < -0.3 is 9.64 Å². The minimum atomic E-state index is -3.53. The van der Waals surface area contributed by atoms with Crippen LogP contribution in [0.25, 0.3) is 0 Å². The van der Waals surface area contributed by atoms with Crippen LogP contribution in [0.2, 0.25) is 0 Å². The van der Waals surface area contributed by atoms with Crippen LogP contribution in [-0.4, -0.2) is 56.3 Å². The number of benzene rings is 1. The Labute approximate surface area is 167 Å². The van der Waals surface area contributed by atoms with E-state index in [1.54, 1.807) is 24.3 Å². The molecule has 2 aliphatic carbocycles. The first kappa shape index (κ1) is 19.7. The van der Waals surface area contributed by atoms with Gasteiger partial charge in [0.25, 0.3) is 0 Å². The molecule has 1 aromatic rings. The molecule has 7 heteroatoms. The second-order valence-corrected chi connectivity index (χ2v) is 10.3. The minimum Gasteiger partial charge on any atom is -0.494 e. The van der Waals surface area contributed by atoms with Gasteiger partial charge >= 0.3 is 0 Å². The van der Waals surface area contributed by atoms with Gasteiger partial charge in [-0.05, 0) is 68.2 Å². The molecule has 28 heavy (non-hydrogen) atoms. The molecule has 0 spiro atoms. The number of hydrogen-bond acceptors (Lipinski definition) is 4. The fraction of sp³-hybridized carbons (Fsp3) is 0.667. The predicted molar refractivity (Wildman–Crippen MR) is 107 cm³/mol. The fourth-order valence-electron chi connectivity index (χ4n) is 5.18. The predicted octanol–water partition coefficient (Wildman–Crippen LogP) is 2.74. The normalized spacial score (nSPS) is 27.9. The van der Waals surface area contributed by atoms with E-state index in [0.29, 0.717) is 50.9 Å². The van der Waals surface area contributed by atoms with Gasteiger partial charge in [0.05, 0.1) is 11.5 Å². The zero-order chi connectivity index (χ0) is 19.7. The number of ether oxygens (including phenoxy) is 1. The lowest BCUT2D eigenvalue weighted by Gasteiger charge is -2.35. The molecule has 154 valence electrons. The largest absolute Gasteiger partial charge is 0.494 e. The number of piperazine rings is 1.